The maximum Gasteiger partial charge on any atom is 0.236 e. The number of carbonyl (C=O) groups is 1. The molecule has 1 amide bonds. The molecule has 0 saturated carbocycles. The van der Waals surface area contributed by atoms with Crippen LogP contribution in [0.1, 0.15) is 10.7 Å². The highest BCUT2D eigenvalue weighted by Crippen LogP contribution is 2.30. The van der Waals surface area contributed by atoms with Gasteiger partial charge in [0.05, 0.1) is 11.4 Å². The third kappa shape index (κ3) is 4.20. The van der Waals surface area contributed by atoms with Gasteiger partial charge in [-0.05, 0) is 13.8 Å². The SMILES string of the molecule is C=CCn1c(C)nnc1SCC(=O)Nc1nc(-c2ccccc2)c(C)s1. The average Bonchev–Trinajstić information content (AvgIpc) is 3.17. The van der Waals surface area contributed by atoms with E-state index in [4.69, 9.17) is 0 Å². The summed E-state index contributed by atoms with van der Waals surface area (Å²) in [5, 5.41) is 12.3. The van der Waals surface area contributed by atoms with Gasteiger partial charge in [0.15, 0.2) is 10.3 Å². The fraction of sp³-hybridized carbons (Fsp3) is 0.222. The number of hydrogen-bond donors (Lipinski definition) is 1. The predicted octanol–water partition coefficient (Wildman–Crippen LogP) is 3.94. The van der Waals surface area contributed by atoms with Crippen molar-refractivity contribution in [3.63, 3.8) is 0 Å². The van der Waals surface area contributed by atoms with E-state index in [0.29, 0.717) is 16.8 Å². The van der Waals surface area contributed by atoms with Crippen LogP contribution >= 0.6 is 23.1 Å². The Balaban J connectivity index is 1.63. The lowest BCUT2D eigenvalue weighted by molar-refractivity contribution is -0.113. The predicted molar refractivity (Wildman–Crippen MR) is 107 cm³/mol. The van der Waals surface area contributed by atoms with Crippen LogP contribution in [-0.2, 0) is 11.3 Å². The molecule has 1 aromatic carbocycles. The summed E-state index contributed by atoms with van der Waals surface area (Å²) in [6.07, 6.45) is 1.78. The van der Waals surface area contributed by atoms with Gasteiger partial charge in [-0.3, -0.25) is 4.79 Å². The summed E-state index contributed by atoms with van der Waals surface area (Å²) in [6, 6.07) is 9.95. The number of carbonyl (C=O) groups excluding carboxylic acids is 1. The number of aromatic nitrogens is 4. The fourth-order valence-corrected chi connectivity index (χ4v) is 4.05. The molecule has 2 heterocycles. The summed E-state index contributed by atoms with van der Waals surface area (Å²) in [6.45, 7) is 8.24. The van der Waals surface area contributed by atoms with Gasteiger partial charge in [0.2, 0.25) is 5.91 Å². The van der Waals surface area contributed by atoms with Crippen molar-refractivity contribution in [3.05, 3.63) is 53.7 Å². The summed E-state index contributed by atoms with van der Waals surface area (Å²) >= 11 is 2.82. The molecule has 3 aromatic rings. The van der Waals surface area contributed by atoms with Gasteiger partial charge in [0.25, 0.3) is 0 Å². The van der Waals surface area contributed by atoms with Crippen LogP contribution in [0.2, 0.25) is 0 Å². The molecule has 0 atom stereocenters. The second-order valence-corrected chi connectivity index (χ2v) is 7.70. The Bertz CT molecular complexity index is 917. The normalized spacial score (nSPS) is 10.7. The zero-order valence-electron chi connectivity index (χ0n) is 14.6. The fourth-order valence-electron chi connectivity index (χ4n) is 2.41. The highest BCUT2D eigenvalue weighted by molar-refractivity contribution is 7.99. The van der Waals surface area contributed by atoms with Gasteiger partial charge < -0.3 is 9.88 Å². The maximum absolute atomic E-state index is 12.3. The molecule has 6 nitrogen and oxygen atoms in total. The topological polar surface area (TPSA) is 72.7 Å². The quantitative estimate of drug-likeness (QED) is 0.493. The van der Waals surface area contributed by atoms with Crippen LogP contribution in [0.4, 0.5) is 5.13 Å². The number of thioether (sulfide) groups is 1. The second kappa shape index (κ2) is 8.29. The smallest absolute Gasteiger partial charge is 0.236 e. The van der Waals surface area contributed by atoms with Crippen LogP contribution in [0.15, 0.2) is 48.1 Å². The lowest BCUT2D eigenvalue weighted by Crippen LogP contribution is -2.14. The first-order chi connectivity index (χ1) is 12.6. The first-order valence-corrected chi connectivity index (χ1v) is 9.85. The number of anilines is 1. The lowest BCUT2D eigenvalue weighted by Gasteiger charge is -2.05. The van der Waals surface area contributed by atoms with Crippen molar-refractivity contribution in [2.24, 2.45) is 0 Å². The van der Waals surface area contributed by atoms with Gasteiger partial charge >= 0.3 is 0 Å². The number of aryl methyl sites for hydroxylation is 2. The first-order valence-electron chi connectivity index (χ1n) is 8.04. The van der Waals surface area contributed by atoms with Gasteiger partial charge in [-0.1, -0.05) is 48.2 Å². The molecule has 3 rings (SSSR count). The molecule has 26 heavy (non-hydrogen) atoms. The Labute approximate surface area is 160 Å². The minimum Gasteiger partial charge on any atom is -0.302 e. The monoisotopic (exact) mass is 385 g/mol. The van der Waals surface area contributed by atoms with Crippen LogP contribution in [0.25, 0.3) is 11.3 Å². The van der Waals surface area contributed by atoms with Crippen molar-refractivity contribution in [2.45, 2.75) is 25.5 Å². The van der Waals surface area contributed by atoms with Crippen LogP contribution in [-0.4, -0.2) is 31.4 Å². The molecule has 0 radical (unpaired) electrons. The van der Waals surface area contributed by atoms with Crippen molar-refractivity contribution in [1.29, 1.82) is 0 Å². The van der Waals surface area contributed by atoms with Gasteiger partial charge in [-0.15, -0.1) is 28.1 Å². The Hall–Kier alpha value is -2.45. The van der Waals surface area contributed by atoms with Crippen molar-refractivity contribution >= 4 is 34.1 Å². The number of allylic oxidation sites excluding steroid dienone is 1. The second-order valence-electron chi connectivity index (χ2n) is 5.56. The molecule has 8 heteroatoms. The van der Waals surface area contributed by atoms with E-state index >= 15 is 0 Å². The molecular weight excluding hydrogens is 366 g/mol. The molecule has 0 unspecified atom stereocenters. The molecule has 134 valence electrons. The average molecular weight is 386 g/mol. The third-order valence-electron chi connectivity index (χ3n) is 3.64. The number of nitrogens with one attached hydrogen (secondary N) is 1. The number of benzene rings is 1. The number of hydrogen-bond acceptors (Lipinski definition) is 6. The minimum absolute atomic E-state index is 0.117. The van der Waals surface area contributed by atoms with E-state index in [2.05, 4.69) is 27.1 Å². The van der Waals surface area contributed by atoms with Crippen molar-refractivity contribution in [1.82, 2.24) is 19.7 Å². The van der Waals surface area contributed by atoms with Crippen LogP contribution in [0.5, 0.6) is 0 Å². The molecule has 0 bridgehead atoms. The molecule has 0 fully saturated rings. The number of nitrogens with zero attached hydrogens (tertiary/aromatic N) is 4. The van der Waals surface area contributed by atoms with Gasteiger partial charge in [0.1, 0.15) is 5.82 Å². The Morgan fingerprint density at radius 1 is 1.31 bits per heavy atom. The Morgan fingerprint density at radius 2 is 2.08 bits per heavy atom. The number of amides is 1. The van der Waals surface area contributed by atoms with E-state index in [1.807, 2.05) is 48.7 Å². The van der Waals surface area contributed by atoms with Crippen molar-refractivity contribution < 1.29 is 4.79 Å². The molecule has 2 aromatic heterocycles. The van der Waals surface area contributed by atoms with Gasteiger partial charge in [-0.2, -0.15) is 0 Å². The van der Waals surface area contributed by atoms with Crippen LogP contribution in [0, 0.1) is 13.8 Å². The van der Waals surface area contributed by atoms with E-state index in [1.54, 1.807) is 6.08 Å². The lowest BCUT2D eigenvalue weighted by atomic mass is 10.1. The zero-order chi connectivity index (χ0) is 18.5. The minimum atomic E-state index is -0.117. The summed E-state index contributed by atoms with van der Waals surface area (Å²) in [5.41, 5.74) is 1.95. The highest BCUT2D eigenvalue weighted by atomic mass is 32.2. The van der Waals surface area contributed by atoms with Crippen molar-refractivity contribution in [3.8, 4) is 11.3 Å². The standard InChI is InChI=1S/C18H19N5OS2/c1-4-10-23-13(3)21-22-18(23)25-11-15(24)19-17-20-16(12(2)26-17)14-8-6-5-7-9-14/h4-9H,1,10-11H2,2-3H3,(H,19,20,24). The van der Waals surface area contributed by atoms with Crippen LogP contribution in [0.3, 0.4) is 0 Å². The van der Waals surface area contributed by atoms with E-state index in [0.717, 1.165) is 22.0 Å². The van der Waals surface area contributed by atoms with Crippen molar-refractivity contribution in [2.75, 3.05) is 11.1 Å². The highest BCUT2D eigenvalue weighted by Gasteiger charge is 2.14. The van der Waals surface area contributed by atoms with Gasteiger partial charge in [-0.25, -0.2) is 4.98 Å². The summed E-state index contributed by atoms with van der Waals surface area (Å²) in [4.78, 5) is 17.9. The molecule has 0 aliphatic carbocycles. The Kier molecular flexibility index (Phi) is 5.85. The van der Waals surface area contributed by atoms with E-state index in [-0.39, 0.29) is 11.7 Å². The largest absolute Gasteiger partial charge is 0.302 e. The first kappa shape index (κ1) is 18.3. The molecule has 0 aliphatic rings. The number of thiazole rings is 1. The molecule has 0 spiro atoms. The maximum atomic E-state index is 12.3. The number of rotatable bonds is 7. The molecule has 0 saturated heterocycles. The third-order valence-corrected chi connectivity index (χ3v) is 5.49. The van der Waals surface area contributed by atoms with E-state index in [1.165, 1.54) is 23.1 Å². The van der Waals surface area contributed by atoms with Gasteiger partial charge in [0, 0.05) is 17.0 Å². The van der Waals surface area contributed by atoms with E-state index in [9.17, 15) is 4.79 Å². The summed E-state index contributed by atoms with van der Waals surface area (Å²) < 4.78 is 1.92. The van der Waals surface area contributed by atoms with E-state index < -0.39 is 0 Å². The summed E-state index contributed by atoms with van der Waals surface area (Å²) in [7, 11) is 0. The molecular formula is C18H19N5OS2. The zero-order valence-corrected chi connectivity index (χ0v) is 16.2. The van der Waals surface area contributed by atoms with Crippen LogP contribution < -0.4 is 5.32 Å². The molecule has 1 N–H and O–H groups in total. The Morgan fingerprint density at radius 3 is 2.81 bits per heavy atom. The molecule has 0 aliphatic heterocycles. The summed E-state index contributed by atoms with van der Waals surface area (Å²) in [5.74, 6) is 0.930.